The van der Waals surface area contributed by atoms with E-state index in [1.165, 1.54) is 0 Å². The molecule has 0 amide bonds. The van der Waals surface area contributed by atoms with Crippen LogP contribution in [0.3, 0.4) is 0 Å². The van der Waals surface area contributed by atoms with Crippen molar-refractivity contribution in [3.8, 4) is 11.5 Å². The number of benzene rings is 1. The fourth-order valence-electron chi connectivity index (χ4n) is 2.06. The third kappa shape index (κ3) is 1.47. The van der Waals surface area contributed by atoms with Gasteiger partial charge in [0, 0.05) is 10.9 Å². The molecule has 0 fully saturated rings. The molecule has 2 aromatic heterocycles. The molecule has 0 aliphatic carbocycles. The molecular formula is C14H11NO2. The number of nitrogens with one attached hydrogen (secondary N) is 1. The van der Waals surface area contributed by atoms with Crippen molar-refractivity contribution in [3.63, 3.8) is 0 Å². The van der Waals surface area contributed by atoms with Crippen molar-refractivity contribution in [2.24, 2.45) is 0 Å². The van der Waals surface area contributed by atoms with Gasteiger partial charge in [-0.05, 0) is 31.2 Å². The molecule has 3 aromatic rings. The molecule has 1 N–H and O–H groups in total. The summed E-state index contributed by atoms with van der Waals surface area (Å²) in [5, 5.41) is 0.936. The van der Waals surface area contributed by atoms with Crippen molar-refractivity contribution in [2.45, 2.75) is 6.92 Å². The minimum atomic E-state index is 0.652. The largest absolute Gasteiger partial charge is 0.463 e. The van der Waals surface area contributed by atoms with Crippen LogP contribution in [0.25, 0.3) is 22.4 Å². The summed E-state index contributed by atoms with van der Waals surface area (Å²) in [6, 6.07) is 9.64. The Morgan fingerprint density at radius 2 is 2.18 bits per heavy atom. The average Bonchev–Trinajstić information content (AvgIpc) is 2.94. The zero-order valence-corrected chi connectivity index (χ0v) is 9.36. The maximum absolute atomic E-state index is 11.2. The van der Waals surface area contributed by atoms with Crippen LogP contribution in [0.4, 0.5) is 0 Å². The lowest BCUT2D eigenvalue weighted by Gasteiger charge is -1.94. The van der Waals surface area contributed by atoms with Crippen LogP contribution in [-0.4, -0.2) is 11.3 Å². The summed E-state index contributed by atoms with van der Waals surface area (Å²) in [6.45, 7) is 2.01. The Morgan fingerprint density at radius 3 is 2.88 bits per heavy atom. The van der Waals surface area contributed by atoms with Gasteiger partial charge in [-0.2, -0.15) is 0 Å². The number of furan rings is 1. The van der Waals surface area contributed by atoms with Gasteiger partial charge in [0.2, 0.25) is 0 Å². The van der Waals surface area contributed by atoms with Gasteiger partial charge in [-0.3, -0.25) is 4.79 Å². The highest BCUT2D eigenvalue weighted by Crippen LogP contribution is 2.29. The van der Waals surface area contributed by atoms with Crippen molar-refractivity contribution in [1.29, 1.82) is 0 Å². The van der Waals surface area contributed by atoms with Gasteiger partial charge in [0.05, 0.1) is 17.5 Å². The van der Waals surface area contributed by atoms with Crippen LogP contribution in [0.2, 0.25) is 0 Å². The highest BCUT2D eigenvalue weighted by Gasteiger charge is 2.14. The summed E-state index contributed by atoms with van der Waals surface area (Å²) in [5.41, 5.74) is 3.47. The molecule has 3 rings (SSSR count). The number of hydrogen-bond donors (Lipinski definition) is 1. The predicted molar refractivity (Wildman–Crippen MR) is 66.1 cm³/mol. The number of aromatic amines is 1. The second-order valence-corrected chi connectivity index (χ2v) is 4.06. The van der Waals surface area contributed by atoms with Crippen molar-refractivity contribution >= 4 is 17.2 Å². The molecule has 3 heteroatoms. The maximum atomic E-state index is 11.2. The number of H-pyrrole nitrogens is 1. The van der Waals surface area contributed by atoms with Gasteiger partial charge in [0.25, 0.3) is 0 Å². The topological polar surface area (TPSA) is 46.0 Å². The van der Waals surface area contributed by atoms with E-state index in [9.17, 15) is 4.79 Å². The fourth-order valence-corrected chi connectivity index (χ4v) is 2.06. The smallest absolute Gasteiger partial charge is 0.152 e. The normalized spacial score (nSPS) is 10.9. The Balaban J connectivity index is 2.36. The van der Waals surface area contributed by atoms with E-state index in [1.54, 1.807) is 12.3 Å². The van der Waals surface area contributed by atoms with Gasteiger partial charge in [-0.1, -0.05) is 11.6 Å². The standard InChI is InChI=1S/C14H11NO2/c1-9-4-5-12-10(7-9)11(8-16)14(15-12)13-3-2-6-17-13/h2-8,15H,1H3. The Hall–Kier alpha value is -2.29. The molecule has 0 saturated heterocycles. The third-order valence-corrected chi connectivity index (χ3v) is 2.88. The summed E-state index contributed by atoms with van der Waals surface area (Å²) in [6.07, 6.45) is 2.47. The van der Waals surface area contributed by atoms with Crippen molar-refractivity contribution in [1.82, 2.24) is 4.98 Å². The highest BCUT2D eigenvalue weighted by molar-refractivity contribution is 6.03. The first kappa shape index (κ1) is 9.90. The van der Waals surface area contributed by atoms with E-state index in [0.29, 0.717) is 11.3 Å². The molecule has 17 heavy (non-hydrogen) atoms. The molecule has 0 saturated carbocycles. The first-order valence-corrected chi connectivity index (χ1v) is 5.41. The second kappa shape index (κ2) is 3.63. The molecule has 0 radical (unpaired) electrons. The quantitative estimate of drug-likeness (QED) is 0.678. The van der Waals surface area contributed by atoms with E-state index in [1.807, 2.05) is 31.2 Å². The van der Waals surface area contributed by atoms with Gasteiger partial charge >= 0.3 is 0 Å². The van der Waals surface area contributed by atoms with E-state index in [2.05, 4.69) is 4.98 Å². The van der Waals surface area contributed by atoms with Crippen LogP contribution in [0.5, 0.6) is 0 Å². The molecular weight excluding hydrogens is 214 g/mol. The number of fused-ring (bicyclic) bond motifs is 1. The summed E-state index contributed by atoms with van der Waals surface area (Å²) >= 11 is 0. The van der Waals surface area contributed by atoms with Gasteiger partial charge in [-0.15, -0.1) is 0 Å². The lowest BCUT2D eigenvalue weighted by atomic mass is 10.1. The first-order chi connectivity index (χ1) is 8.29. The van der Waals surface area contributed by atoms with Crippen molar-refractivity contribution in [2.75, 3.05) is 0 Å². The number of carbonyl (C=O) groups excluding carboxylic acids is 1. The zero-order valence-electron chi connectivity index (χ0n) is 9.36. The minimum Gasteiger partial charge on any atom is -0.463 e. The maximum Gasteiger partial charge on any atom is 0.152 e. The SMILES string of the molecule is Cc1ccc2[nH]c(-c3ccco3)c(C=O)c2c1. The van der Waals surface area contributed by atoms with Crippen molar-refractivity contribution < 1.29 is 9.21 Å². The van der Waals surface area contributed by atoms with Crippen LogP contribution in [-0.2, 0) is 0 Å². The van der Waals surface area contributed by atoms with E-state index in [-0.39, 0.29) is 0 Å². The molecule has 0 bridgehead atoms. The Bertz CT molecular complexity index is 678. The van der Waals surface area contributed by atoms with E-state index >= 15 is 0 Å². The van der Waals surface area contributed by atoms with Gasteiger partial charge in [0.15, 0.2) is 12.0 Å². The lowest BCUT2D eigenvalue weighted by molar-refractivity contribution is 0.112. The number of carbonyl (C=O) groups is 1. The Kier molecular flexibility index (Phi) is 2.11. The van der Waals surface area contributed by atoms with Crippen molar-refractivity contribution in [3.05, 3.63) is 47.7 Å². The van der Waals surface area contributed by atoms with Crippen LogP contribution in [0.15, 0.2) is 41.0 Å². The first-order valence-electron chi connectivity index (χ1n) is 5.41. The minimum absolute atomic E-state index is 0.652. The molecule has 2 heterocycles. The van der Waals surface area contributed by atoms with E-state index < -0.39 is 0 Å². The second-order valence-electron chi connectivity index (χ2n) is 4.06. The van der Waals surface area contributed by atoms with Gasteiger partial charge in [-0.25, -0.2) is 0 Å². The van der Waals surface area contributed by atoms with Crippen LogP contribution >= 0.6 is 0 Å². The number of aromatic nitrogens is 1. The van der Waals surface area contributed by atoms with Gasteiger partial charge < -0.3 is 9.40 Å². The van der Waals surface area contributed by atoms with Gasteiger partial charge in [0.1, 0.15) is 0 Å². The summed E-state index contributed by atoms with van der Waals surface area (Å²) in [7, 11) is 0. The predicted octanol–water partition coefficient (Wildman–Crippen LogP) is 3.55. The molecule has 1 aromatic carbocycles. The Morgan fingerprint density at radius 1 is 1.29 bits per heavy atom. The number of aldehydes is 1. The summed E-state index contributed by atoms with van der Waals surface area (Å²) in [5.74, 6) is 0.681. The summed E-state index contributed by atoms with van der Waals surface area (Å²) in [4.78, 5) is 14.5. The van der Waals surface area contributed by atoms with Crippen LogP contribution < -0.4 is 0 Å². The lowest BCUT2D eigenvalue weighted by Crippen LogP contribution is -1.82. The number of aryl methyl sites for hydroxylation is 1. The van der Waals surface area contributed by atoms with E-state index in [0.717, 1.165) is 28.4 Å². The molecule has 84 valence electrons. The van der Waals surface area contributed by atoms with E-state index in [4.69, 9.17) is 4.42 Å². The molecule has 0 atom stereocenters. The third-order valence-electron chi connectivity index (χ3n) is 2.88. The summed E-state index contributed by atoms with van der Waals surface area (Å²) < 4.78 is 5.33. The van der Waals surface area contributed by atoms with Crippen LogP contribution in [0, 0.1) is 6.92 Å². The highest BCUT2D eigenvalue weighted by atomic mass is 16.3. The zero-order chi connectivity index (χ0) is 11.8. The molecule has 0 unspecified atom stereocenters. The molecule has 0 aliphatic heterocycles. The molecule has 3 nitrogen and oxygen atoms in total. The van der Waals surface area contributed by atoms with Crippen LogP contribution in [0.1, 0.15) is 15.9 Å². The molecule has 0 aliphatic rings. The number of hydrogen-bond acceptors (Lipinski definition) is 2. The monoisotopic (exact) mass is 225 g/mol. The average molecular weight is 225 g/mol. The Labute approximate surface area is 98.1 Å². The fraction of sp³-hybridized carbons (Fsp3) is 0.0714. The number of rotatable bonds is 2. The molecule has 0 spiro atoms.